The fourth-order valence-corrected chi connectivity index (χ4v) is 2.41. The molecular weight excluding hydrogens is 202 g/mol. The number of nitrogens with zero attached hydrogens (tertiary/aromatic N) is 1. The van der Waals surface area contributed by atoms with Crippen molar-refractivity contribution < 1.29 is 9.47 Å². The number of hydrogen-bond donors (Lipinski definition) is 0. The first-order chi connectivity index (χ1) is 7.88. The van der Waals surface area contributed by atoms with Gasteiger partial charge in [0.05, 0.1) is 13.2 Å². The first-order valence-electron chi connectivity index (χ1n) is 6.84. The normalized spacial score (nSPS) is 23.6. The Hall–Kier alpha value is -0.120. The quantitative estimate of drug-likeness (QED) is 0.695. The molecule has 2 rings (SSSR count). The zero-order valence-corrected chi connectivity index (χ0v) is 10.5. The van der Waals surface area contributed by atoms with Crippen molar-refractivity contribution in [3.8, 4) is 0 Å². The maximum Gasteiger partial charge on any atom is 0.158 e. The van der Waals surface area contributed by atoms with Crippen LogP contribution in [0, 0.1) is 5.92 Å². The predicted molar refractivity (Wildman–Crippen MR) is 64.4 cm³/mol. The molecule has 0 aromatic carbocycles. The Bertz CT molecular complexity index is 188. The van der Waals surface area contributed by atoms with Crippen LogP contribution in [0.15, 0.2) is 0 Å². The van der Waals surface area contributed by atoms with Gasteiger partial charge in [0.15, 0.2) is 6.29 Å². The Balaban J connectivity index is 1.61. The van der Waals surface area contributed by atoms with Gasteiger partial charge in [0.1, 0.15) is 0 Å². The predicted octanol–water partition coefficient (Wildman–Crippen LogP) is 2.26. The van der Waals surface area contributed by atoms with Crippen molar-refractivity contribution in [2.75, 3.05) is 32.8 Å². The second-order valence-electron chi connectivity index (χ2n) is 5.00. The fraction of sp³-hybridized carbons (Fsp3) is 1.00. The standard InChI is InChI=1S/C13H25NO2/c1-2-14(11-12-5-3-6-12)8-7-13-15-9-4-10-16-13/h12-13H,2-11H2,1H3. The van der Waals surface area contributed by atoms with Crippen molar-refractivity contribution in [2.24, 2.45) is 5.92 Å². The average molecular weight is 227 g/mol. The van der Waals surface area contributed by atoms with Gasteiger partial charge in [-0.2, -0.15) is 0 Å². The van der Waals surface area contributed by atoms with Crippen molar-refractivity contribution in [1.29, 1.82) is 0 Å². The summed E-state index contributed by atoms with van der Waals surface area (Å²) in [5.41, 5.74) is 0. The average Bonchev–Trinajstić information content (AvgIpc) is 2.28. The van der Waals surface area contributed by atoms with Crippen molar-refractivity contribution in [3.05, 3.63) is 0 Å². The van der Waals surface area contributed by atoms with Crippen LogP contribution in [0.3, 0.4) is 0 Å². The van der Waals surface area contributed by atoms with Gasteiger partial charge in [0.25, 0.3) is 0 Å². The third-order valence-electron chi connectivity index (χ3n) is 3.77. The largest absolute Gasteiger partial charge is 0.353 e. The van der Waals surface area contributed by atoms with Crippen LogP contribution in [0.5, 0.6) is 0 Å². The van der Waals surface area contributed by atoms with E-state index in [2.05, 4.69) is 11.8 Å². The third kappa shape index (κ3) is 3.72. The van der Waals surface area contributed by atoms with Gasteiger partial charge in [-0.05, 0) is 31.7 Å². The first kappa shape index (κ1) is 12.3. The highest BCUT2D eigenvalue weighted by Crippen LogP contribution is 2.27. The van der Waals surface area contributed by atoms with Crippen LogP contribution in [0.1, 0.15) is 39.0 Å². The minimum atomic E-state index is 0.0594. The lowest BCUT2D eigenvalue weighted by atomic mass is 9.85. The molecule has 1 heterocycles. The number of rotatable bonds is 6. The van der Waals surface area contributed by atoms with E-state index in [0.717, 1.165) is 45.1 Å². The molecular formula is C13H25NO2. The molecule has 0 spiro atoms. The molecule has 0 atom stereocenters. The van der Waals surface area contributed by atoms with E-state index in [-0.39, 0.29) is 6.29 Å². The molecule has 1 saturated heterocycles. The molecule has 0 N–H and O–H groups in total. The molecule has 3 nitrogen and oxygen atoms in total. The van der Waals surface area contributed by atoms with Crippen LogP contribution < -0.4 is 0 Å². The summed E-state index contributed by atoms with van der Waals surface area (Å²) in [6.45, 7) is 7.56. The molecule has 0 aromatic rings. The summed E-state index contributed by atoms with van der Waals surface area (Å²) in [6.07, 6.45) is 6.46. The van der Waals surface area contributed by atoms with E-state index in [1.54, 1.807) is 0 Å². The molecule has 94 valence electrons. The molecule has 1 aliphatic carbocycles. The summed E-state index contributed by atoms with van der Waals surface area (Å²) >= 11 is 0. The van der Waals surface area contributed by atoms with Crippen molar-refractivity contribution in [2.45, 2.75) is 45.3 Å². The summed E-state index contributed by atoms with van der Waals surface area (Å²) in [7, 11) is 0. The molecule has 0 radical (unpaired) electrons. The number of hydrogen-bond acceptors (Lipinski definition) is 3. The second-order valence-corrected chi connectivity index (χ2v) is 5.00. The smallest absolute Gasteiger partial charge is 0.158 e. The Kier molecular flexibility index (Phi) is 5.07. The van der Waals surface area contributed by atoms with E-state index in [4.69, 9.17) is 9.47 Å². The van der Waals surface area contributed by atoms with Crippen LogP contribution in [-0.4, -0.2) is 44.0 Å². The maximum absolute atomic E-state index is 5.57. The molecule has 1 aliphatic heterocycles. The molecule has 0 bridgehead atoms. The van der Waals surface area contributed by atoms with Gasteiger partial charge in [-0.1, -0.05) is 13.3 Å². The first-order valence-corrected chi connectivity index (χ1v) is 6.84. The third-order valence-corrected chi connectivity index (χ3v) is 3.77. The highest BCUT2D eigenvalue weighted by Gasteiger charge is 2.21. The molecule has 1 saturated carbocycles. The summed E-state index contributed by atoms with van der Waals surface area (Å²) in [6, 6.07) is 0. The monoisotopic (exact) mass is 227 g/mol. The van der Waals surface area contributed by atoms with Crippen LogP contribution in [0.4, 0.5) is 0 Å². The summed E-state index contributed by atoms with van der Waals surface area (Å²) in [4.78, 5) is 2.55. The van der Waals surface area contributed by atoms with Gasteiger partial charge in [-0.15, -0.1) is 0 Å². The summed E-state index contributed by atoms with van der Waals surface area (Å²) in [5.74, 6) is 0.966. The van der Waals surface area contributed by atoms with Crippen LogP contribution in [0.25, 0.3) is 0 Å². The van der Waals surface area contributed by atoms with E-state index >= 15 is 0 Å². The lowest BCUT2D eigenvalue weighted by Gasteiger charge is -2.33. The molecule has 2 fully saturated rings. The molecule has 16 heavy (non-hydrogen) atoms. The molecule has 0 aromatic heterocycles. The van der Waals surface area contributed by atoms with Gasteiger partial charge >= 0.3 is 0 Å². The summed E-state index contributed by atoms with van der Waals surface area (Å²) in [5, 5.41) is 0. The topological polar surface area (TPSA) is 21.7 Å². The van der Waals surface area contributed by atoms with Gasteiger partial charge in [-0.3, -0.25) is 0 Å². The minimum Gasteiger partial charge on any atom is -0.353 e. The zero-order chi connectivity index (χ0) is 11.2. The Morgan fingerprint density at radius 3 is 2.44 bits per heavy atom. The van der Waals surface area contributed by atoms with Gasteiger partial charge < -0.3 is 14.4 Å². The molecule has 0 amide bonds. The lowest BCUT2D eigenvalue weighted by molar-refractivity contribution is -0.182. The van der Waals surface area contributed by atoms with Gasteiger partial charge in [0, 0.05) is 19.5 Å². The van der Waals surface area contributed by atoms with E-state index < -0.39 is 0 Å². The molecule has 2 aliphatic rings. The maximum atomic E-state index is 5.57. The highest BCUT2D eigenvalue weighted by molar-refractivity contribution is 4.73. The Morgan fingerprint density at radius 2 is 1.88 bits per heavy atom. The molecule has 0 unspecified atom stereocenters. The van der Waals surface area contributed by atoms with Crippen LogP contribution in [0.2, 0.25) is 0 Å². The lowest BCUT2D eigenvalue weighted by Crippen LogP contribution is -2.36. The Labute approximate surface area is 99.1 Å². The van der Waals surface area contributed by atoms with E-state index in [0.29, 0.717) is 0 Å². The van der Waals surface area contributed by atoms with Crippen molar-refractivity contribution in [1.82, 2.24) is 4.90 Å². The highest BCUT2D eigenvalue weighted by atomic mass is 16.7. The SMILES string of the molecule is CCN(CCC1OCCCO1)CC1CCC1. The molecule has 3 heteroatoms. The summed E-state index contributed by atoms with van der Waals surface area (Å²) < 4.78 is 11.1. The van der Waals surface area contributed by atoms with Crippen molar-refractivity contribution in [3.63, 3.8) is 0 Å². The minimum absolute atomic E-state index is 0.0594. The van der Waals surface area contributed by atoms with Gasteiger partial charge in [0.2, 0.25) is 0 Å². The fourth-order valence-electron chi connectivity index (χ4n) is 2.41. The second kappa shape index (κ2) is 6.58. The number of ether oxygens (including phenoxy) is 2. The van der Waals surface area contributed by atoms with Crippen LogP contribution in [-0.2, 0) is 9.47 Å². The van der Waals surface area contributed by atoms with Gasteiger partial charge in [-0.25, -0.2) is 0 Å². The van der Waals surface area contributed by atoms with E-state index in [1.165, 1.54) is 25.8 Å². The van der Waals surface area contributed by atoms with Crippen LogP contribution >= 0.6 is 0 Å². The van der Waals surface area contributed by atoms with E-state index in [1.807, 2.05) is 0 Å². The van der Waals surface area contributed by atoms with Crippen molar-refractivity contribution >= 4 is 0 Å². The van der Waals surface area contributed by atoms with E-state index in [9.17, 15) is 0 Å². The Morgan fingerprint density at radius 1 is 1.12 bits per heavy atom. The zero-order valence-electron chi connectivity index (χ0n) is 10.5.